The Morgan fingerprint density at radius 2 is 2.16 bits per heavy atom. The van der Waals surface area contributed by atoms with Crippen molar-refractivity contribution in [3.8, 4) is 0 Å². The molecule has 0 aliphatic carbocycles. The van der Waals surface area contributed by atoms with Crippen molar-refractivity contribution < 1.29 is 4.79 Å². The molecule has 0 spiro atoms. The maximum absolute atomic E-state index is 13.1. The molecule has 7 nitrogen and oxygen atoms in total. The van der Waals surface area contributed by atoms with Gasteiger partial charge in [0.2, 0.25) is 0 Å². The maximum Gasteiger partial charge on any atom is 0.259 e. The molecular formula is C18H20N6O. The summed E-state index contributed by atoms with van der Waals surface area (Å²) in [7, 11) is 3.93. The van der Waals surface area contributed by atoms with E-state index in [0.29, 0.717) is 11.2 Å². The largest absolute Gasteiger partial charge is 0.363 e. The smallest absolute Gasteiger partial charge is 0.259 e. The highest BCUT2D eigenvalue weighted by molar-refractivity contribution is 6.00. The summed E-state index contributed by atoms with van der Waals surface area (Å²) in [5.74, 6) is 0.883. The van der Waals surface area contributed by atoms with E-state index in [9.17, 15) is 4.79 Å². The van der Waals surface area contributed by atoms with Crippen LogP contribution in [0, 0.1) is 0 Å². The van der Waals surface area contributed by atoms with Crippen LogP contribution < -0.4 is 4.90 Å². The lowest BCUT2D eigenvalue weighted by atomic mass is 10.1. The van der Waals surface area contributed by atoms with E-state index in [1.807, 2.05) is 36.2 Å². The summed E-state index contributed by atoms with van der Waals surface area (Å²) >= 11 is 0. The first kappa shape index (κ1) is 15.6. The minimum absolute atomic E-state index is 0.0144. The first-order valence-corrected chi connectivity index (χ1v) is 8.38. The highest BCUT2D eigenvalue weighted by Crippen LogP contribution is 2.34. The zero-order valence-electron chi connectivity index (χ0n) is 14.3. The predicted octanol–water partition coefficient (Wildman–Crippen LogP) is 2.17. The normalized spacial score (nSPS) is 17.2. The lowest BCUT2D eigenvalue weighted by molar-refractivity contribution is 0.0737. The second kappa shape index (κ2) is 6.16. The van der Waals surface area contributed by atoms with Gasteiger partial charge in [-0.25, -0.2) is 14.5 Å². The Labute approximate surface area is 145 Å². The molecule has 3 aromatic rings. The van der Waals surface area contributed by atoms with E-state index in [-0.39, 0.29) is 11.9 Å². The number of rotatable bonds is 3. The highest BCUT2D eigenvalue weighted by atomic mass is 16.2. The molecule has 4 heterocycles. The van der Waals surface area contributed by atoms with Crippen molar-refractivity contribution >= 4 is 17.4 Å². The molecule has 1 aliphatic heterocycles. The minimum atomic E-state index is -0.0144. The van der Waals surface area contributed by atoms with Crippen LogP contribution in [0.3, 0.4) is 0 Å². The molecular weight excluding hydrogens is 316 g/mol. The van der Waals surface area contributed by atoms with Crippen molar-refractivity contribution in [1.82, 2.24) is 24.5 Å². The summed E-state index contributed by atoms with van der Waals surface area (Å²) in [6.45, 7) is 0.743. The van der Waals surface area contributed by atoms with Crippen molar-refractivity contribution in [1.29, 1.82) is 0 Å². The van der Waals surface area contributed by atoms with E-state index in [2.05, 4.69) is 21.1 Å². The second-order valence-corrected chi connectivity index (χ2v) is 6.44. The summed E-state index contributed by atoms with van der Waals surface area (Å²) < 4.78 is 1.63. The number of carbonyl (C=O) groups is 1. The molecule has 1 atom stereocenters. The zero-order valence-corrected chi connectivity index (χ0v) is 14.3. The predicted molar refractivity (Wildman–Crippen MR) is 94.6 cm³/mol. The molecule has 7 heteroatoms. The van der Waals surface area contributed by atoms with Crippen LogP contribution in [0.25, 0.3) is 5.65 Å². The maximum atomic E-state index is 13.1. The first-order chi connectivity index (χ1) is 12.1. The fraction of sp³-hybridized carbons (Fsp3) is 0.333. The Hall–Kier alpha value is -2.96. The second-order valence-electron chi connectivity index (χ2n) is 6.44. The summed E-state index contributed by atoms with van der Waals surface area (Å²) in [5.41, 5.74) is 2.27. The molecule has 0 N–H and O–H groups in total. The van der Waals surface area contributed by atoms with Gasteiger partial charge in [-0.15, -0.1) is 0 Å². The van der Waals surface area contributed by atoms with Gasteiger partial charge < -0.3 is 9.80 Å². The van der Waals surface area contributed by atoms with Crippen LogP contribution in [-0.2, 0) is 0 Å². The molecule has 4 rings (SSSR count). The van der Waals surface area contributed by atoms with Gasteiger partial charge in [0, 0.05) is 39.2 Å². The van der Waals surface area contributed by atoms with Gasteiger partial charge >= 0.3 is 0 Å². The van der Waals surface area contributed by atoms with E-state index in [4.69, 9.17) is 0 Å². The Kier molecular flexibility index (Phi) is 3.83. The number of anilines is 1. The molecule has 0 radical (unpaired) electrons. The van der Waals surface area contributed by atoms with E-state index in [1.165, 1.54) is 0 Å². The number of carbonyl (C=O) groups excluding carboxylic acids is 1. The fourth-order valence-corrected chi connectivity index (χ4v) is 3.38. The number of hydrogen-bond donors (Lipinski definition) is 0. The van der Waals surface area contributed by atoms with Crippen LogP contribution in [0.2, 0.25) is 0 Å². The molecule has 0 saturated carbocycles. The van der Waals surface area contributed by atoms with Crippen LogP contribution in [-0.4, -0.2) is 51.0 Å². The van der Waals surface area contributed by atoms with Crippen LogP contribution in [0.1, 0.15) is 34.8 Å². The third kappa shape index (κ3) is 2.71. The SMILES string of the molecule is CN(C)c1cc([C@H]2CCCN2C(=O)c2cnn3cccnc23)ccn1. The van der Waals surface area contributed by atoms with Crippen molar-refractivity contribution in [2.24, 2.45) is 0 Å². The van der Waals surface area contributed by atoms with Crippen molar-refractivity contribution in [3.63, 3.8) is 0 Å². The quantitative estimate of drug-likeness (QED) is 0.733. The molecule has 3 aromatic heterocycles. The monoisotopic (exact) mass is 336 g/mol. The van der Waals surface area contributed by atoms with E-state index < -0.39 is 0 Å². The van der Waals surface area contributed by atoms with E-state index in [1.54, 1.807) is 29.2 Å². The number of amides is 1. The number of hydrogen-bond acceptors (Lipinski definition) is 5. The number of nitrogens with zero attached hydrogens (tertiary/aromatic N) is 6. The Balaban J connectivity index is 1.67. The molecule has 0 unspecified atom stereocenters. The van der Waals surface area contributed by atoms with Gasteiger partial charge in [-0.05, 0) is 36.6 Å². The van der Waals surface area contributed by atoms with Crippen molar-refractivity contribution in [2.45, 2.75) is 18.9 Å². The Morgan fingerprint density at radius 3 is 3.00 bits per heavy atom. The lowest BCUT2D eigenvalue weighted by Gasteiger charge is -2.25. The van der Waals surface area contributed by atoms with Gasteiger partial charge in [-0.1, -0.05) is 0 Å². The summed E-state index contributed by atoms with van der Waals surface area (Å²) in [4.78, 5) is 25.7. The third-order valence-corrected chi connectivity index (χ3v) is 4.64. The summed E-state index contributed by atoms with van der Waals surface area (Å²) in [6.07, 6.45) is 8.84. The van der Waals surface area contributed by atoms with Gasteiger partial charge in [-0.2, -0.15) is 5.10 Å². The molecule has 1 aliphatic rings. The van der Waals surface area contributed by atoms with Crippen LogP contribution >= 0.6 is 0 Å². The van der Waals surface area contributed by atoms with E-state index in [0.717, 1.165) is 30.8 Å². The lowest BCUT2D eigenvalue weighted by Crippen LogP contribution is -2.30. The number of likely N-dealkylation sites (tertiary alicyclic amines) is 1. The molecule has 1 saturated heterocycles. The van der Waals surface area contributed by atoms with Crippen molar-refractivity contribution in [3.05, 3.63) is 54.1 Å². The van der Waals surface area contributed by atoms with Crippen LogP contribution in [0.4, 0.5) is 5.82 Å². The molecule has 0 bridgehead atoms. The third-order valence-electron chi connectivity index (χ3n) is 4.64. The molecule has 1 fully saturated rings. The van der Waals surface area contributed by atoms with Gasteiger partial charge in [0.05, 0.1) is 12.2 Å². The zero-order chi connectivity index (χ0) is 17.4. The van der Waals surface area contributed by atoms with Gasteiger partial charge in [0.15, 0.2) is 5.65 Å². The Morgan fingerprint density at radius 1 is 1.28 bits per heavy atom. The first-order valence-electron chi connectivity index (χ1n) is 8.38. The number of fused-ring (bicyclic) bond motifs is 1. The number of pyridine rings is 1. The summed E-state index contributed by atoms with van der Waals surface area (Å²) in [6, 6.07) is 5.92. The average Bonchev–Trinajstić information content (AvgIpc) is 3.28. The van der Waals surface area contributed by atoms with Crippen molar-refractivity contribution in [2.75, 3.05) is 25.5 Å². The minimum Gasteiger partial charge on any atom is -0.363 e. The number of aromatic nitrogens is 4. The standard InChI is InChI=1S/C18H20N6O/c1-22(2)16-11-13(6-8-19-16)15-5-3-9-23(15)18(25)14-12-21-24-10-4-7-20-17(14)24/h4,6-8,10-12,15H,3,5,9H2,1-2H3/t15-/m1/s1. The van der Waals surface area contributed by atoms with Crippen LogP contribution in [0.15, 0.2) is 43.0 Å². The topological polar surface area (TPSA) is 66.6 Å². The molecule has 128 valence electrons. The van der Waals surface area contributed by atoms with Gasteiger partial charge in [-0.3, -0.25) is 4.79 Å². The molecule has 0 aromatic carbocycles. The van der Waals surface area contributed by atoms with Gasteiger partial charge in [0.1, 0.15) is 11.4 Å². The van der Waals surface area contributed by atoms with E-state index >= 15 is 0 Å². The van der Waals surface area contributed by atoms with Crippen LogP contribution in [0.5, 0.6) is 0 Å². The van der Waals surface area contributed by atoms with Gasteiger partial charge in [0.25, 0.3) is 5.91 Å². The molecule has 1 amide bonds. The highest BCUT2D eigenvalue weighted by Gasteiger charge is 2.32. The average molecular weight is 336 g/mol. The summed E-state index contributed by atoms with van der Waals surface area (Å²) in [5, 5.41) is 4.24. The molecule has 25 heavy (non-hydrogen) atoms. The Bertz CT molecular complexity index is 919. The fourth-order valence-electron chi connectivity index (χ4n) is 3.38.